The molecule has 148 valence electrons. The Labute approximate surface area is 167 Å². The summed E-state index contributed by atoms with van der Waals surface area (Å²) >= 11 is 5.75. The van der Waals surface area contributed by atoms with Crippen LogP contribution in [0.3, 0.4) is 0 Å². The van der Waals surface area contributed by atoms with Crippen LogP contribution >= 0.6 is 11.6 Å². The lowest BCUT2D eigenvalue weighted by Crippen LogP contribution is -2.55. The van der Waals surface area contributed by atoms with Gasteiger partial charge < -0.3 is 16.0 Å². The van der Waals surface area contributed by atoms with Gasteiger partial charge in [-0.25, -0.2) is 14.2 Å². The first kappa shape index (κ1) is 20.1. The van der Waals surface area contributed by atoms with E-state index in [1.165, 1.54) is 18.3 Å². The second-order valence-corrected chi connectivity index (χ2v) is 7.18. The lowest BCUT2D eigenvalue weighted by Gasteiger charge is -2.32. The van der Waals surface area contributed by atoms with Crippen LogP contribution in [0.15, 0.2) is 42.6 Å². The minimum atomic E-state index is -0.316. The summed E-state index contributed by atoms with van der Waals surface area (Å²) in [6.45, 7) is 0.298. The third-order valence-corrected chi connectivity index (χ3v) is 4.98. The molecule has 1 aliphatic carbocycles. The molecule has 8 heteroatoms. The van der Waals surface area contributed by atoms with Gasteiger partial charge in [0.1, 0.15) is 11.0 Å². The maximum absolute atomic E-state index is 12.9. The van der Waals surface area contributed by atoms with Gasteiger partial charge in [0.2, 0.25) is 0 Å². The minimum absolute atomic E-state index is 0.159. The van der Waals surface area contributed by atoms with Gasteiger partial charge in [-0.2, -0.15) is 0 Å². The number of nitrogens with zero attached hydrogens (tertiary/aromatic N) is 1. The summed E-state index contributed by atoms with van der Waals surface area (Å²) in [5, 5.41) is 9.02. The Morgan fingerprint density at radius 1 is 1.04 bits per heavy atom. The summed E-state index contributed by atoms with van der Waals surface area (Å²) in [4.78, 5) is 28.6. The molecule has 3 rings (SSSR count). The van der Waals surface area contributed by atoms with Gasteiger partial charge in [-0.1, -0.05) is 36.6 Å². The molecule has 2 atom stereocenters. The number of halogens is 2. The van der Waals surface area contributed by atoms with E-state index in [9.17, 15) is 14.0 Å². The number of aromatic nitrogens is 1. The molecule has 1 saturated carbocycles. The molecule has 0 radical (unpaired) electrons. The number of hydrogen-bond donors (Lipinski definition) is 3. The van der Waals surface area contributed by atoms with Crippen LogP contribution in [0.2, 0.25) is 5.15 Å². The molecular formula is C20H22ClFN4O2. The van der Waals surface area contributed by atoms with Gasteiger partial charge in [0.25, 0.3) is 5.91 Å². The topological polar surface area (TPSA) is 83.1 Å². The maximum Gasteiger partial charge on any atom is 0.315 e. The molecule has 3 N–H and O–H groups in total. The fraction of sp³-hybridized carbons (Fsp3) is 0.350. The second kappa shape index (κ2) is 9.50. The molecule has 1 aromatic heterocycles. The Bertz CT molecular complexity index is 814. The van der Waals surface area contributed by atoms with E-state index in [0.717, 1.165) is 31.2 Å². The van der Waals surface area contributed by atoms with E-state index >= 15 is 0 Å². The first-order valence-electron chi connectivity index (χ1n) is 9.22. The molecule has 0 saturated heterocycles. The van der Waals surface area contributed by atoms with Gasteiger partial charge in [-0.15, -0.1) is 0 Å². The van der Waals surface area contributed by atoms with Gasteiger partial charge in [-0.3, -0.25) is 4.79 Å². The van der Waals surface area contributed by atoms with Gasteiger partial charge in [0, 0.05) is 18.8 Å². The zero-order chi connectivity index (χ0) is 19.9. The Morgan fingerprint density at radius 3 is 2.36 bits per heavy atom. The molecule has 28 heavy (non-hydrogen) atoms. The number of urea groups is 1. The lowest BCUT2D eigenvalue weighted by molar-refractivity contribution is 0.0915. The summed E-state index contributed by atoms with van der Waals surface area (Å²) in [6, 6.07) is 8.50. The van der Waals surface area contributed by atoms with Crippen LogP contribution in [0.5, 0.6) is 0 Å². The lowest BCUT2D eigenvalue weighted by atomic mass is 9.90. The van der Waals surface area contributed by atoms with Crippen LogP contribution in [0.25, 0.3) is 0 Å². The normalized spacial score (nSPS) is 18.9. The van der Waals surface area contributed by atoms with Crippen LogP contribution in [-0.2, 0) is 6.54 Å². The van der Waals surface area contributed by atoms with Gasteiger partial charge in [0.15, 0.2) is 0 Å². The summed E-state index contributed by atoms with van der Waals surface area (Å²) in [6.07, 6.45) is 4.97. The van der Waals surface area contributed by atoms with Crippen LogP contribution in [0, 0.1) is 5.82 Å². The zero-order valence-electron chi connectivity index (χ0n) is 15.3. The summed E-state index contributed by atoms with van der Waals surface area (Å²) in [7, 11) is 0. The van der Waals surface area contributed by atoms with Gasteiger partial charge in [-0.05, 0) is 42.7 Å². The first-order valence-corrected chi connectivity index (χ1v) is 9.60. The molecular weight excluding hydrogens is 383 g/mol. The number of hydrogen-bond acceptors (Lipinski definition) is 3. The zero-order valence-corrected chi connectivity index (χ0v) is 16.0. The van der Waals surface area contributed by atoms with E-state index in [-0.39, 0.29) is 29.8 Å². The Balaban J connectivity index is 1.53. The van der Waals surface area contributed by atoms with Gasteiger partial charge in [0.05, 0.1) is 11.6 Å². The number of pyridine rings is 1. The van der Waals surface area contributed by atoms with Crippen molar-refractivity contribution in [3.8, 4) is 0 Å². The standard InChI is InChI=1S/C20H22ClFN4O2/c21-18-10-7-14(12-23-18)19(27)25-16-3-1-2-4-17(16)26-20(28)24-11-13-5-8-15(22)9-6-13/h5-10,12,16-17H,1-4,11H2,(H,25,27)(H2,24,26,28). The first-order chi connectivity index (χ1) is 13.5. The van der Waals surface area contributed by atoms with E-state index in [2.05, 4.69) is 20.9 Å². The minimum Gasteiger partial charge on any atom is -0.347 e. The van der Waals surface area contributed by atoms with E-state index < -0.39 is 0 Å². The number of carbonyl (C=O) groups excluding carboxylic acids is 2. The molecule has 0 spiro atoms. The molecule has 0 bridgehead atoms. The van der Waals surface area contributed by atoms with Gasteiger partial charge >= 0.3 is 6.03 Å². The summed E-state index contributed by atoms with van der Waals surface area (Å²) in [5.41, 5.74) is 1.23. The SMILES string of the molecule is O=C(NCc1ccc(F)cc1)NC1CCCCC1NC(=O)c1ccc(Cl)nc1. The molecule has 0 aliphatic heterocycles. The Hall–Kier alpha value is -2.67. The molecule has 1 fully saturated rings. The van der Waals surface area contributed by atoms with Crippen LogP contribution in [0.1, 0.15) is 41.6 Å². The Kier molecular flexibility index (Phi) is 6.81. The molecule has 6 nitrogen and oxygen atoms in total. The predicted octanol–water partition coefficient (Wildman–Crippen LogP) is 3.41. The number of nitrogens with one attached hydrogen (secondary N) is 3. The summed E-state index contributed by atoms with van der Waals surface area (Å²) in [5.74, 6) is -0.556. The maximum atomic E-state index is 12.9. The molecule has 1 aromatic carbocycles. The highest BCUT2D eigenvalue weighted by Gasteiger charge is 2.28. The van der Waals surface area contributed by atoms with Crippen LogP contribution in [0.4, 0.5) is 9.18 Å². The van der Waals surface area contributed by atoms with Crippen molar-refractivity contribution in [1.82, 2.24) is 20.9 Å². The van der Waals surface area contributed by atoms with Crippen molar-refractivity contribution in [2.45, 2.75) is 44.3 Å². The fourth-order valence-corrected chi connectivity index (χ4v) is 3.35. The highest BCUT2D eigenvalue weighted by Crippen LogP contribution is 2.19. The third kappa shape index (κ3) is 5.66. The van der Waals surface area contributed by atoms with Crippen LogP contribution < -0.4 is 16.0 Å². The van der Waals surface area contributed by atoms with Crippen molar-refractivity contribution >= 4 is 23.5 Å². The number of amides is 3. The molecule has 1 heterocycles. The average molecular weight is 405 g/mol. The molecule has 2 aromatic rings. The van der Waals surface area contributed by atoms with E-state index in [4.69, 9.17) is 11.6 Å². The summed E-state index contributed by atoms with van der Waals surface area (Å²) < 4.78 is 12.9. The average Bonchev–Trinajstić information content (AvgIpc) is 2.69. The van der Waals surface area contributed by atoms with Crippen molar-refractivity contribution < 1.29 is 14.0 Å². The van der Waals surface area contributed by atoms with Crippen molar-refractivity contribution in [2.24, 2.45) is 0 Å². The van der Waals surface area contributed by atoms with Crippen molar-refractivity contribution in [1.29, 1.82) is 0 Å². The largest absolute Gasteiger partial charge is 0.347 e. The molecule has 3 amide bonds. The Morgan fingerprint density at radius 2 is 1.71 bits per heavy atom. The number of carbonyl (C=O) groups is 2. The second-order valence-electron chi connectivity index (χ2n) is 6.79. The third-order valence-electron chi connectivity index (χ3n) is 4.75. The monoisotopic (exact) mass is 404 g/mol. The molecule has 1 aliphatic rings. The van der Waals surface area contributed by atoms with Crippen molar-refractivity contribution in [3.05, 3.63) is 64.7 Å². The van der Waals surface area contributed by atoms with Crippen LogP contribution in [-0.4, -0.2) is 29.0 Å². The quantitative estimate of drug-likeness (QED) is 0.668. The highest BCUT2D eigenvalue weighted by atomic mass is 35.5. The highest BCUT2D eigenvalue weighted by molar-refractivity contribution is 6.29. The molecule has 2 unspecified atom stereocenters. The van der Waals surface area contributed by atoms with Crippen molar-refractivity contribution in [2.75, 3.05) is 0 Å². The van der Waals surface area contributed by atoms with E-state index in [0.29, 0.717) is 17.3 Å². The van der Waals surface area contributed by atoms with E-state index in [1.807, 2.05) is 0 Å². The fourth-order valence-electron chi connectivity index (χ4n) is 3.24. The van der Waals surface area contributed by atoms with Crippen molar-refractivity contribution in [3.63, 3.8) is 0 Å². The number of rotatable bonds is 5. The number of benzene rings is 1. The smallest absolute Gasteiger partial charge is 0.315 e. The van der Waals surface area contributed by atoms with E-state index in [1.54, 1.807) is 24.3 Å². The predicted molar refractivity (Wildman–Crippen MR) is 105 cm³/mol.